The summed E-state index contributed by atoms with van der Waals surface area (Å²) in [7, 11) is -3.28. The van der Waals surface area contributed by atoms with Crippen LogP contribution in [0.5, 0.6) is 0 Å². The lowest BCUT2D eigenvalue weighted by atomic mass is 10.1. The average molecular weight is 318 g/mol. The molecule has 4 nitrogen and oxygen atoms in total. The van der Waals surface area contributed by atoms with Gasteiger partial charge in [0.1, 0.15) is 0 Å². The number of benzene rings is 1. The van der Waals surface area contributed by atoms with Crippen LogP contribution in [0.1, 0.15) is 31.0 Å². The van der Waals surface area contributed by atoms with E-state index in [9.17, 15) is 8.42 Å². The average Bonchev–Trinajstić information content (AvgIpc) is 2.48. The maximum absolute atomic E-state index is 12.4. The lowest BCUT2D eigenvalue weighted by Crippen LogP contribution is -2.34. The van der Waals surface area contributed by atoms with Crippen LogP contribution in [0.25, 0.3) is 0 Å². The molecule has 1 heterocycles. The molecule has 1 aromatic carbocycles. The molecular formula is C17H22N2O2S. The first-order valence-electron chi connectivity index (χ1n) is 7.34. The van der Waals surface area contributed by atoms with Gasteiger partial charge in [-0.15, -0.1) is 0 Å². The van der Waals surface area contributed by atoms with Gasteiger partial charge in [0.15, 0.2) is 9.84 Å². The molecule has 2 rings (SSSR count). The van der Waals surface area contributed by atoms with Crippen molar-refractivity contribution in [3.63, 3.8) is 0 Å². The number of rotatable bonds is 6. The van der Waals surface area contributed by atoms with Crippen molar-refractivity contribution < 1.29 is 8.42 Å². The first kappa shape index (κ1) is 16.6. The minimum atomic E-state index is -3.28. The van der Waals surface area contributed by atoms with E-state index in [1.54, 1.807) is 24.5 Å². The predicted molar refractivity (Wildman–Crippen MR) is 88.5 cm³/mol. The fourth-order valence-corrected chi connectivity index (χ4v) is 3.89. The number of hydrogen-bond donors (Lipinski definition) is 1. The molecule has 1 aromatic heterocycles. The van der Waals surface area contributed by atoms with E-state index in [-0.39, 0.29) is 17.8 Å². The monoisotopic (exact) mass is 318 g/mol. The molecule has 2 aromatic rings. The van der Waals surface area contributed by atoms with Gasteiger partial charge in [-0.3, -0.25) is 4.98 Å². The van der Waals surface area contributed by atoms with E-state index in [1.807, 2.05) is 45.0 Å². The van der Waals surface area contributed by atoms with Gasteiger partial charge in [-0.05, 0) is 50.6 Å². The number of nitrogens with zero attached hydrogens (tertiary/aromatic N) is 1. The van der Waals surface area contributed by atoms with Crippen LogP contribution >= 0.6 is 0 Å². The van der Waals surface area contributed by atoms with Gasteiger partial charge in [-0.1, -0.05) is 17.7 Å². The second-order valence-corrected chi connectivity index (χ2v) is 7.70. The van der Waals surface area contributed by atoms with Crippen LogP contribution in [0.15, 0.2) is 53.7 Å². The van der Waals surface area contributed by atoms with Crippen LogP contribution in [0.4, 0.5) is 0 Å². The summed E-state index contributed by atoms with van der Waals surface area (Å²) in [6.45, 7) is 5.85. The third-order valence-corrected chi connectivity index (χ3v) is 5.52. The molecule has 2 atom stereocenters. The highest BCUT2D eigenvalue weighted by Gasteiger charge is 2.19. The molecule has 0 aliphatic rings. The van der Waals surface area contributed by atoms with Gasteiger partial charge in [0.2, 0.25) is 0 Å². The molecule has 0 saturated carbocycles. The third kappa shape index (κ3) is 4.39. The predicted octanol–water partition coefficient (Wildman–Crippen LogP) is 2.90. The Bertz CT molecular complexity index is 697. The highest BCUT2D eigenvalue weighted by atomic mass is 32.2. The number of aromatic nitrogens is 1. The van der Waals surface area contributed by atoms with Crippen LogP contribution < -0.4 is 5.32 Å². The highest BCUT2D eigenvalue weighted by Crippen LogP contribution is 2.15. The minimum Gasteiger partial charge on any atom is -0.307 e. The van der Waals surface area contributed by atoms with Crippen molar-refractivity contribution in [2.45, 2.75) is 37.8 Å². The maximum Gasteiger partial charge on any atom is 0.179 e. The lowest BCUT2D eigenvalue weighted by molar-refractivity contribution is 0.499. The lowest BCUT2D eigenvalue weighted by Gasteiger charge is -2.20. The van der Waals surface area contributed by atoms with Crippen LogP contribution in [-0.4, -0.2) is 25.2 Å². The Kier molecular flexibility index (Phi) is 5.32. The molecule has 0 bridgehead atoms. The summed E-state index contributed by atoms with van der Waals surface area (Å²) in [6.07, 6.45) is 3.47. The minimum absolute atomic E-state index is 0.0749. The molecule has 2 unspecified atom stereocenters. The molecule has 0 spiro atoms. The normalized spacial score (nSPS) is 14.5. The van der Waals surface area contributed by atoms with Gasteiger partial charge in [0.25, 0.3) is 0 Å². The van der Waals surface area contributed by atoms with E-state index in [0.717, 1.165) is 11.1 Å². The zero-order valence-electron chi connectivity index (χ0n) is 13.2. The largest absolute Gasteiger partial charge is 0.307 e. The van der Waals surface area contributed by atoms with Crippen molar-refractivity contribution in [3.8, 4) is 0 Å². The Morgan fingerprint density at radius 2 is 1.64 bits per heavy atom. The quantitative estimate of drug-likeness (QED) is 0.889. The molecule has 0 aliphatic heterocycles. The fraction of sp³-hybridized carbons (Fsp3) is 0.353. The third-order valence-electron chi connectivity index (χ3n) is 3.59. The van der Waals surface area contributed by atoms with Gasteiger partial charge >= 0.3 is 0 Å². The number of hydrogen-bond acceptors (Lipinski definition) is 4. The fourth-order valence-electron chi connectivity index (χ4n) is 2.39. The Morgan fingerprint density at radius 1 is 1.05 bits per heavy atom. The molecule has 1 N–H and O–H groups in total. The van der Waals surface area contributed by atoms with E-state index in [2.05, 4.69) is 10.3 Å². The molecule has 118 valence electrons. The summed E-state index contributed by atoms with van der Waals surface area (Å²) in [5.74, 6) is 0.0749. The Balaban J connectivity index is 2.02. The van der Waals surface area contributed by atoms with E-state index in [4.69, 9.17) is 0 Å². The summed E-state index contributed by atoms with van der Waals surface area (Å²) in [4.78, 5) is 4.37. The van der Waals surface area contributed by atoms with E-state index in [0.29, 0.717) is 4.90 Å². The second-order valence-electron chi connectivity index (χ2n) is 5.66. The molecular weight excluding hydrogens is 296 g/mol. The van der Waals surface area contributed by atoms with Gasteiger partial charge in [-0.2, -0.15) is 0 Å². The number of pyridine rings is 1. The van der Waals surface area contributed by atoms with Crippen molar-refractivity contribution in [3.05, 3.63) is 59.9 Å². The SMILES string of the molecule is Cc1ccc(S(=O)(=O)CC(C)NC(C)c2ccncc2)cc1. The first-order valence-corrected chi connectivity index (χ1v) is 8.99. The van der Waals surface area contributed by atoms with Gasteiger partial charge in [0.05, 0.1) is 10.6 Å². The summed E-state index contributed by atoms with van der Waals surface area (Å²) in [6, 6.07) is 10.8. The van der Waals surface area contributed by atoms with Crippen molar-refractivity contribution in [1.82, 2.24) is 10.3 Å². The van der Waals surface area contributed by atoms with Crippen molar-refractivity contribution in [2.75, 3.05) is 5.75 Å². The van der Waals surface area contributed by atoms with Crippen molar-refractivity contribution in [1.29, 1.82) is 0 Å². The van der Waals surface area contributed by atoms with Crippen LogP contribution in [0.2, 0.25) is 0 Å². The molecule has 0 radical (unpaired) electrons. The van der Waals surface area contributed by atoms with Gasteiger partial charge in [-0.25, -0.2) is 8.42 Å². The summed E-state index contributed by atoms with van der Waals surface area (Å²) < 4.78 is 24.8. The van der Waals surface area contributed by atoms with E-state index < -0.39 is 9.84 Å². The topological polar surface area (TPSA) is 59.1 Å². The highest BCUT2D eigenvalue weighted by molar-refractivity contribution is 7.91. The zero-order valence-corrected chi connectivity index (χ0v) is 14.0. The standard InChI is InChI=1S/C17H22N2O2S/c1-13-4-6-17(7-5-13)22(20,21)12-14(2)19-15(3)16-8-10-18-11-9-16/h4-11,14-15,19H,12H2,1-3H3. The maximum atomic E-state index is 12.4. The van der Waals surface area contributed by atoms with Crippen LogP contribution in [-0.2, 0) is 9.84 Å². The van der Waals surface area contributed by atoms with Gasteiger partial charge < -0.3 is 5.32 Å². The second kappa shape index (κ2) is 7.03. The molecule has 0 aliphatic carbocycles. The summed E-state index contributed by atoms with van der Waals surface area (Å²) in [5, 5.41) is 3.33. The molecule has 22 heavy (non-hydrogen) atoms. The van der Waals surface area contributed by atoms with Gasteiger partial charge in [0, 0.05) is 24.5 Å². The molecule has 0 fully saturated rings. The summed E-state index contributed by atoms with van der Waals surface area (Å²) in [5.41, 5.74) is 2.14. The Morgan fingerprint density at radius 3 is 2.23 bits per heavy atom. The number of aryl methyl sites for hydroxylation is 1. The first-order chi connectivity index (χ1) is 10.4. The Hall–Kier alpha value is -1.72. The summed E-state index contributed by atoms with van der Waals surface area (Å²) >= 11 is 0. The van der Waals surface area contributed by atoms with Crippen LogP contribution in [0.3, 0.4) is 0 Å². The number of nitrogens with one attached hydrogen (secondary N) is 1. The Labute approximate surface area is 132 Å². The molecule has 5 heteroatoms. The van der Waals surface area contributed by atoms with Crippen molar-refractivity contribution >= 4 is 9.84 Å². The smallest absolute Gasteiger partial charge is 0.179 e. The van der Waals surface area contributed by atoms with E-state index >= 15 is 0 Å². The molecule has 0 amide bonds. The molecule has 0 saturated heterocycles. The number of sulfone groups is 1. The van der Waals surface area contributed by atoms with E-state index in [1.165, 1.54) is 0 Å². The zero-order chi connectivity index (χ0) is 16.2. The van der Waals surface area contributed by atoms with Crippen molar-refractivity contribution in [2.24, 2.45) is 0 Å². The van der Waals surface area contributed by atoms with Crippen LogP contribution in [0, 0.1) is 6.92 Å².